The second kappa shape index (κ2) is 11.2. The Morgan fingerprint density at radius 2 is 2.07 bits per heavy atom. The van der Waals surface area contributed by atoms with Crippen LogP contribution in [0.3, 0.4) is 0 Å². The number of ether oxygens (including phenoxy) is 2. The summed E-state index contributed by atoms with van der Waals surface area (Å²) in [6.07, 6.45) is 4.33. The number of aliphatic imine (C=N–C) groups is 1. The first-order valence-corrected chi connectivity index (χ1v) is 9.78. The molecule has 1 aliphatic carbocycles. The predicted octanol–water partition coefficient (Wildman–Crippen LogP) is 4.23. The number of rotatable bonds is 8. The fraction of sp³-hybridized carbons (Fsp3) is 0.455. The van der Waals surface area contributed by atoms with Gasteiger partial charge in [-0.2, -0.15) is 0 Å². The summed E-state index contributed by atoms with van der Waals surface area (Å²) in [4.78, 5) is 8.64. The summed E-state index contributed by atoms with van der Waals surface area (Å²) in [6, 6.07) is 10.2. The van der Waals surface area contributed by atoms with Crippen LogP contribution in [0.5, 0.6) is 11.6 Å². The van der Waals surface area contributed by atoms with Crippen molar-refractivity contribution in [2.45, 2.75) is 39.3 Å². The summed E-state index contributed by atoms with van der Waals surface area (Å²) in [7, 11) is 3.46. The van der Waals surface area contributed by atoms with Crippen LogP contribution < -0.4 is 20.1 Å². The van der Waals surface area contributed by atoms with E-state index < -0.39 is 0 Å². The Balaban J connectivity index is 0.00000300. The predicted molar refractivity (Wildman–Crippen MR) is 127 cm³/mol. The van der Waals surface area contributed by atoms with Gasteiger partial charge in [-0.05, 0) is 50.3 Å². The van der Waals surface area contributed by atoms with Crippen LogP contribution in [0.25, 0.3) is 0 Å². The van der Waals surface area contributed by atoms with E-state index in [0.29, 0.717) is 18.3 Å². The molecule has 0 bridgehead atoms. The Morgan fingerprint density at radius 3 is 2.76 bits per heavy atom. The fourth-order valence-electron chi connectivity index (χ4n) is 2.98. The molecule has 1 saturated carbocycles. The first-order valence-electron chi connectivity index (χ1n) is 9.78. The van der Waals surface area contributed by atoms with E-state index in [-0.39, 0.29) is 30.0 Å². The highest BCUT2D eigenvalue weighted by atomic mass is 127. The third-order valence-corrected chi connectivity index (χ3v) is 4.85. The maximum Gasteiger partial charge on any atom is 0.213 e. The van der Waals surface area contributed by atoms with Crippen molar-refractivity contribution in [2.75, 3.05) is 20.8 Å². The molecule has 1 fully saturated rings. The van der Waals surface area contributed by atoms with Crippen LogP contribution in [-0.2, 0) is 6.54 Å². The number of aromatic nitrogens is 1. The molecular formula is C22H31IN4O2. The summed E-state index contributed by atoms with van der Waals surface area (Å²) >= 11 is 0. The maximum atomic E-state index is 5.76. The molecule has 0 radical (unpaired) electrons. The highest BCUT2D eigenvalue weighted by Crippen LogP contribution is 2.29. The lowest BCUT2D eigenvalue weighted by atomic mass is 10.0. The summed E-state index contributed by atoms with van der Waals surface area (Å²) < 4.78 is 11.3. The lowest BCUT2D eigenvalue weighted by Crippen LogP contribution is -2.38. The zero-order chi connectivity index (χ0) is 19.9. The average molecular weight is 510 g/mol. The van der Waals surface area contributed by atoms with Gasteiger partial charge in [-0.15, -0.1) is 24.0 Å². The molecule has 0 amide bonds. The molecule has 3 rings (SSSR count). The summed E-state index contributed by atoms with van der Waals surface area (Å²) in [6.45, 7) is 5.58. The van der Waals surface area contributed by atoms with E-state index in [1.54, 1.807) is 20.4 Å². The second-order valence-electron chi connectivity index (χ2n) is 7.29. The smallest absolute Gasteiger partial charge is 0.213 e. The number of guanidine groups is 1. The van der Waals surface area contributed by atoms with Crippen LogP contribution in [0.1, 0.15) is 42.5 Å². The van der Waals surface area contributed by atoms with Gasteiger partial charge in [-0.3, -0.25) is 4.99 Å². The minimum absolute atomic E-state index is 0. The first kappa shape index (κ1) is 23.3. The number of hydrogen-bond acceptors (Lipinski definition) is 4. The molecule has 1 heterocycles. The highest BCUT2D eigenvalue weighted by Gasteiger charge is 2.22. The minimum atomic E-state index is 0. The second-order valence-corrected chi connectivity index (χ2v) is 7.29. The molecule has 1 aromatic carbocycles. The van der Waals surface area contributed by atoms with Gasteiger partial charge in [0, 0.05) is 31.4 Å². The van der Waals surface area contributed by atoms with Gasteiger partial charge in [0.25, 0.3) is 0 Å². The monoisotopic (exact) mass is 510 g/mol. The van der Waals surface area contributed by atoms with Crippen LogP contribution in [0, 0.1) is 12.8 Å². The molecule has 2 N–H and O–H groups in total. The van der Waals surface area contributed by atoms with Gasteiger partial charge in [-0.25, -0.2) is 4.98 Å². The van der Waals surface area contributed by atoms with Crippen LogP contribution >= 0.6 is 24.0 Å². The van der Waals surface area contributed by atoms with Crippen molar-refractivity contribution < 1.29 is 9.47 Å². The van der Waals surface area contributed by atoms with Crippen LogP contribution in [-0.4, -0.2) is 31.7 Å². The van der Waals surface area contributed by atoms with Crippen molar-refractivity contribution >= 4 is 29.9 Å². The molecule has 1 aromatic heterocycles. The summed E-state index contributed by atoms with van der Waals surface area (Å²) in [5.41, 5.74) is 3.40. The topological polar surface area (TPSA) is 67.8 Å². The zero-order valence-electron chi connectivity index (χ0n) is 17.6. The average Bonchev–Trinajstić information content (AvgIpc) is 3.54. The van der Waals surface area contributed by atoms with Crippen molar-refractivity contribution in [1.82, 2.24) is 15.6 Å². The summed E-state index contributed by atoms with van der Waals surface area (Å²) in [5.74, 6) is 3.00. The molecule has 1 aliphatic rings. The van der Waals surface area contributed by atoms with Gasteiger partial charge in [0.2, 0.25) is 5.88 Å². The van der Waals surface area contributed by atoms with Gasteiger partial charge in [-0.1, -0.05) is 17.7 Å². The van der Waals surface area contributed by atoms with Crippen molar-refractivity contribution in [3.05, 3.63) is 53.2 Å². The molecule has 0 aliphatic heterocycles. The maximum absolute atomic E-state index is 5.76. The lowest BCUT2D eigenvalue weighted by Gasteiger charge is -2.20. The van der Waals surface area contributed by atoms with E-state index in [1.807, 2.05) is 18.2 Å². The number of aryl methyl sites for hydroxylation is 1. The third-order valence-electron chi connectivity index (χ3n) is 4.85. The quantitative estimate of drug-likeness (QED) is 0.316. The molecule has 1 atom stereocenters. The molecular weight excluding hydrogens is 479 g/mol. The van der Waals surface area contributed by atoms with Crippen molar-refractivity contribution in [2.24, 2.45) is 10.9 Å². The van der Waals surface area contributed by atoms with E-state index in [4.69, 9.17) is 9.47 Å². The number of nitrogens with zero attached hydrogens (tertiary/aromatic N) is 2. The van der Waals surface area contributed by atoms with Gasteiger partial charge in [0.05, 0.1) is 19.8 Å². The van der Waals surface area contributed by atoms with Gasteiger partial charge >= 0.3 is 0 Å². The van der Waals surface area contributed by atoms with E-state index in [1.165, 1.54) is 18.4 Å². The molecule has 0 saturated heterocycles. The molecule has 6 nitrogen and oxygen atoms in total. The Bertz CT molecular complexity index is 824. The third kappa shape index (κ3) is 7.06. The number of benzene rings is 1. The van der Waals surface area contributed by atoms with Crippen molar-refractivity contribution in [1.29, 1.82) is 0 Å². The normalized spacial score (nSPS) is 14.6. The molecule has 1 unspecified atom stereocenters. The van der Waals surface area contributed by atoms with Gasteiger partial charge in [0.1, 0.15) is 5.75 Å². The number of hydrogen-bond donors (Lipinski definition) is 2. The molecule has 0 spiro atoms. The van der Waals surface area contributed by atoms with Crippen LogP contribution in [0.4, 0.5) is 0 Å². The van der Waals surface area contributed by atoms with Crippen molar-refractivity contribution in [3.8, 4) is 11.6 Å². The fourth-order valence-corrected chi connectivity index (χ4v) is 2.98. The number of pyridine rings is 1. The van der Waals surface area contributed by atoms with Crippen molar-refractivity contribution in [3.63, 3.8) is 0 Å². The number of nitrogens with one attached hydrogen (secondary N) is 2. The Morgan fingerprint density at radius 1 is 1.28 bits per heavy atom. The molecule has 29 heavy (non-hydrogen) atoms. The minimum Gasteiger partial charge on any atom is -0.496 e. The van der Waals surface area contributed by atoms with E-state index in [9.17, 15) is 0 Å². The molecule has 7 heteroatoms. The molecule has 158 valence electrons. The number of halogens is 1. The standard InChI is InChI=1S/C22H30N4O2.HI/c1-15-5-8-20(27-4)19(11-15)16(2)26-22(23-3)25-13-18-9-10-24-21(12-18)28-14-17-6-7-17;/h5,8-12,16-17H,6-7,13-14H2,1-4H3,(H2,23,25,26);1H. The Kier molecular flexibility index (Phi) is 9.00. The highest BCUT2D eigenvalue weighted by molar-refractivity contribution is 14.0. The van der Waals surface area contributed by atoms with Gasteiger partial charge < -0.3 is 20.1 Å². The Hall–Kier alpha value is -2.03. The van der Waals surface area contributed by atoms with Gasteiger partial charge in [0.15, 0.2) is 5.96 Å². The SMILES string of the molecule is CN=C(NCc1ccnc(OCC2CC2)c1)NC(C)c1cc(C)ccc1OC.I. The van der Waals surface area contributed by atoms with E-state index in [2.05, 4.69) is 46.6 Å². The van der Waals surface area contributed by atoms with E-state index >= 15 is 0 Å². The number of methoxy groups -OCH3 is 1. The largest absolute Gasteiger partial charge is 0.496 e. The van der Waals surface area contributed by atoms with Crippen LogP contribution in [0.15, 0.2) is 41.5 Å². The Labute approximate surface area is 190 Å². The van der Waals surface area contributed by atoms with Crippen LogP contribution in [0.2, 0.25) is 0 Å². The zero-order valence-corrected chi connectivity index (χ0v) is 19.9. The van der Waals surface area contributed by atoms with E-state index in [0.717, 1.165) is 29.4 Å². The first-order chi connectivity index (χ1) is 13.6. The molecule has 2 aromatic rings. The lowest BCUT2D eigenvalue weighted by molar-refractivity contribution is 0.288. The summed E-state index contributed by atoms with van der Waals surface area (Å²) in [5, 5.41) is 6.79.